The summed E-state index contributed by atoms with van der Waals surface area (Å²) in [6.45, 7) is 3.99. The lowest BCUT2D eigenvalue weighted by molar-refractivity contribution is -0.133. The van der Waals surface area contributed by atoms with E-state index in [2.05, 4.69) is 17.3 Å². The number of hydrogen-bond donors (Lipinski definition) is 1. The second-order valence-electron chi connectivity index (χ2n) is 5.87. The smallest absolute Gasteiger partial charge is 0.226 e. The van der Waals surface area contributed by atoms with Gasteiger partial charge in [0, 0.05) is 26.2 Å². The summed E-state index contributed by atoms with van der Waals surface area (Å²) in [5, 5.41) is 3.26. The van der Waals surface area contributed by atoms with Crippen molar-refractivity contribution < 1.29 is 4.79 Å². The summed E-state index contributed by atoms with van der Waals surface area (Å²) < 4.78 is 0. The molecule has 18 heavy (non-hydrogen) atoms. The predicted octanol–water partition coefficient (Wildman–Crippen LogP) is 0.929. The van der Waals surface area contributed by atoms with Gasteiger partial charge in [0.05, 0.1) is 5.92 Å². The third-order valence-electron chi connectivity index (χ3n) is 4.51. The van der Waals surface area contributed by atoms with E-state index in [1.807, 2.05) is 11.9 Å². The van der Waals surface area contributed by atoms with Crippen LogP contribution in [0.3, 0.4) is 0 Å². The third kappa shape index (κ3) is 3.45. The van der Waals surface area contributed by atoms with Crippen LogP contribution in [0.4, 0.5) is 0 Å². The standard InChI is InChI=1S/C14H27N3O/c1-16-9-4-3-5-13(16)7-10-17(2)14(18)12-6-8-15-11-12/h12-13,15H,3-11H2,1-2H3. The lowest BCUT2D eigenvalue weighted by atomic mass is 9.99. The molecule has 0 aliphatic carbocycles. The van der Waals surface area contributed by atoms with Crippen LogP contribution in [0, 0.1) is 5.92 Å². The van der Waals surface area contributed by atoms with Crippen LogP contribution in [0.1, 0.15) is 32.1 Å². The van der Waals surface area contributed by atoms with Crippen LogP contribution in [-0.2, 0) is 4.79 Å². The number of carbonyl (C=O) groups is 1. The van der Waals surface area contributed by atoms with E-state index in [0.717, 1.165) is 32.5 Å². The molecule has 4 heteroatoms. The van der Waals surface area contributed by atoms with E-state index in [4.69, 9.17) is 0 Å². The Labute approximate surface area is 111 Å². The van der Waals surface area contributed by atoms with Gasteiger partial charge in [0.1, 0.15) is 0 Å². The molecule has 2 aliphatic rings. The second-order valence-corrected chi connectivity index (χ2v) is 5.87. The molecule has 0 radical (unpaired) electrons. The number of piperidine rings is 1. The fourth-order valence-corrected chi connectivity index (χ4v) is 3.14. The van der Waals surface area contributed by atoms with Gasteiger partial charge in [-0.3, -0.25) is 4.79 Å². The van der Waals surface area contributed by atoms with Crippen LogP contribution >= 0.6 is 0 Å². The Kier molecular flexibility index (Phi) is 5.01. The molecule has 0 aromatic rings. The maximum absolute atomic E-state index is 12.2. The summed E-state index contributed by atoms with van der Waals surface area (Å²) >= 11 is 0. The van der Waals surface area contributed by atoms with Gasteiger partial charge < -0.3 is 15.1 Å². The molecule has 2 fully saturated rings. The van der Waals surface area contributed by atoms with Gasteiger partial charge in [-0.15, -0.1) is 0 Å². The van der Waals surface area contributed by atoms with Crippen molar-refractivity contribution in [3.05, 3.63) is 0 Å². The molecular formula is C14H27N3O. The van der Waals surface area contributed by atoms with E-state index in [1.54, 1.807) is 0 Å². The molecule has 104 valence electrons. The summed E-state index contributed by atoms with van der Waals surface area (Å²) in [5.74, 6) is 0.553. The first-order chi connectivity index (χ1) is 8.68. The van der Waals surface area contributed by atoms with Crippen LogP contribution < -0.4 is 5.32 Å². The molecule has 0 saturated carbocycles. The summed E-state index contributed by atoms with van der Waals surface area (Å²) in [6, 6.07) is 0.677. The van der Waals surface area contributed by atoms with Gasteiger partial charge in [-0.05, 0) is 45.8 Å². The maximum Gasteiger partial charge on any atom is 0.226 e. The number of likely N-dealkylation sites (tertiary alicyclic amines) is 1. The van der Waals surface area contributed by atoms with Gasteiger partial charge in [-0.25, -0.2) is 0 Å². The first kappa shape index (κ1) is 13.8. The molecule has 0 spiro atoms. The highest BCUT2D eigenvalue weighted by Crippen LogP contribution is 2.18. The molecule has 1 N–H and O–H groups in total. The van der Waals surface area contributed by atoms with Crippen molar-refractivity contribution in [3.8, 4) is 0 Å². The molecule has 0 aromatic heterocycles. The van der Waals surface area contributed by atoms with E-state index < -0.39 is 0 Å². The van der Waals surface area contributed by atoms with E-state index in [9.17, 15) is 4.79 Å². The van der Waals surface area contributed by atoms with Gasteiger partial charge in [-0.2, -0.15) is 0 Å². The lowest BCUT2D eigenvalue weighted by Crippen LogP contribution is -2.41. The van der Waals surface area contributed by atoms with Crippen molar-refractivity contribution >= 4 is 5.91 Å². The summed E-state index contributed by atoms with van der Waals surface area (Å²) in [4.78, 5) is 16.6. The fourth-order valence-electron chi connectivity index (χ4n) is 3.14. The summed E-state index contributed by atoms with van der Waals surface area (Å²) in [5.41, 5.74) is 0. The number of nitrogens with zero attached hydrogens (tertiary/aromatic N) is 2. The molecular weight excluding hydrogens is 226 g/mol. The lowest BCUT2D eigenvalue weighted by Gasteiger charge is -2.33. The fraction of sp³-hybridized carbons (Fsp3) is 0.929. The zero-order chi connectivity index (χ0) is 13.0. The molecule has 2 atom stereocenters. The molecule has 2 heterocycles. The molecule has 1 amide bonds. The number of hydrogen-bond acceptors (Lipinski definition) is 3. The minimum atomic E-state index is 0.221. The SMILES string of the molecule is CN(CCC1CCCCN1C)C(=O)C1CCNC1. The number of carbonyl (C=O) groups excluding carboxylic acids is 1. The third-order valence-corrected chi connectivity index (χ3v) is 4.51. The van der Waals surface area contributed by atoms with Crippen LogP contribution in [0.2, 0.25) is 0 Å². The Hall–Kier alpha value is -0.610. The van der Waals surface area contributed by atoms with Crippen molar-refractivity contribution in [2.24, 2.45) is 5.92 Å². The summed E-state index contributed by atoms with van der Waals surface area (Å²) in [6.07, 6.45) is 6.10. The van der Waals surface area contributed by atoms with Crippen molar-refractivity contribution in [1.82, 2.24) is 15.1 Å². The van der Waals surface area contributed by atoms with Crippen molar-refractivity contribution in [2.45, 2.75) is 38.1 Å². The topological polar surface area (TPSA) is 35.6 Å². The molecule has 0 bridgehead atoms. The van der Waals surface area contributed by atoms with Crippen LogP contribution in [0.5, 0.6) is 0 Å². The predicted molar refractivity (Wildman–Crippen MR) is 73.5 cm³/mol. The highest BCUT2D eigenvalue weighted by atomic mass is 16.2. The zero-order valence-corrected chi connectivity index (χ0v) is 11.8. The van der Waals surface area contributed by atoms with Gasteiger partial charge >= 0.3 is 0 Å². The van der Waals surface area contributed by atoms with Gasteiger partial charge in [0.2, 0.25) is 5.91 Å². The largest absolute Gasteiger partial charge is 0.345 e. The minimum Gasteiger partial charge on any atom is -0.345 e. The molecule has 2 rings (SSSR count). The van der Waals surface area contributed by atoms with Crippen LogP contribution in [0.15, 0.2) is 0 Å². The van der Waals surface area contributed by atoms with Crippen molar-refractivity contribution in [3.63, 3.8) is 0 Å². The van der Waals surface area contributed by atoms with Gasteiger partial charge in [0.15, 0.2) is 0 Å². The molecule has 0 aromatic carbocycles. The second kappa shape index (κ2) is 6.53. The maximum atomic E-state index is 12.2. The van der Waals surface area contributed by atoms with Crippen LogP contribution in [0.25, 0.3) is 0 Å². The molecule has 2 unspecified atom stereocenters. The van der Waals surface area contributed by atoms with Gasteiger partial charge in [0.25, 0.3) is 0 Å². The summed E-state index contributed by atoms with van der Waals surface area (Å²) in [7, 11) is 4.18. The quantitative estimate of drug-likeness (QED) is 0.809. The first-order valence-corrected chi connectivity index (χ1v) is 7.34. The highest BCUT2D eigenvalue weighted by Gasteiger charge is 2.26. The average molecular weight is 253 g/mol. The van der Waals surface area contributed by atoms with E-state index in [1.165, 1.54) is 25.8 Å². The number of nitrogens with one attached hydrogen (secondary N) is 1. The van der Waals surface area contributed by atoms with E-state index in [-0.39, 0.29) is 5.92 Å². The Morgan fingerprint density at radius 2 is 2.22 bits per heavy atom. The monoisotopic (exact) mass is 253 g/mol. The number of amides is 1. The number of rotatable bonds is 4. The molecule has 2 aliphatic heterocycles. The Morgan fingerprint density at radius 1 is 1.39 bits per heavy atom. The normalized spacial score (nSPS) is 29.4. The Balaban J connectivity index is 1.73. The van der Waals surface area contributed by atoms with E-state index in [0.29, 0.717) is 11.9 Å². The first-order valence-electron chi connectivity index (χ1n) is 7.34. The van der Waals surface area contributed by atoms with Crippen molar-refractivity contribution in [1.29, 1.82) is 0 Å². The Bertz CT molecular complexity index is 276. The van der Waals surface area contributed by atoms with Crippen LogP contribution in [-0.4, -0.2) is 62.0 Å². The average Bonchev–Trinajstić information content (AvgIpc) is 2.90. The van der Waals surface area contributed by atoms with Gasteiger partial charge in [-0.1, -0.05) is 6.42 Å². The van der Waals surface area contributed by atoms with Crippen molar-refractivity contribution in [2.75, 3.05) is 40.3 Å². The Morgan fingerprint density at radius 3 is 2.89 bits per heavy atom. The molecule has 2 saturated heterocycles. The minimum absolute atomic E-state index is 0.221. The molecule has 4 nitrogen and oxygen atoms in total. The van der Waals surface area contributed by atoms with E-state index >= 15 is 0 Å². The zero-order valence-electron chi connectivity index (χ0n) is 11.8. The highest BCUT2D eigenvalue weighted by molar-refractivity contribution is 5.79.